The maximum atomic E-state index is 11.9. The lowest BCUT2D eigenvalue weighted by Gasteiger charge is -2.27. The van der Waals surface area contributed by atoms with Crippen LogP contribution in [0, 0.1) is 6.92 Å². The number of anilines is 3. The van der Waals surface area contributed by atoms with Gasteiger partial charge >= 0.3 is 5.69 Å². The molecule has 2 aromatic rings. The Hall–Kier alpha value is -3.36. The van der Waals surface area contributed by atoms with Crippen molar-refractivity contribution in [2.75, 3.05) is 42.5 Å². The van der Waals surface area contributed by atoms with Crippen LogP contribution in [0.15, 0.2) is 20.6 Å². The Labute approximate surface area is 219 Å². The molecule has 5 heterocycles. The Morgan fingerprint density at radius 1 is 0.949 bits per heavy atom. The Kier molecular flexibility index (Phi) is 8.09. The molecule has 3 aliphatic rings. The fourth-order valence-corrected chi connectivity index (χ4v) is 4.61. The number of nitrogens with zero attached hydrogens (tertiary/aromatic N) is 4. The minimum Gasteiger partial charge on any atom is -0.394 e. The third kappa shape index (κ3) is 5.15. The summed E-state index contributed by atoms with van der Waals surface area (Å²) in [5, 5.41) is 57.3. The zero-order valence-corrected chi connectivity index (χ0v) is 20.9. The molecule has 0 bridgehead atoms. The number of fused-ring (bicyclic) bond motifs is 1. The van der Waals surface area contributed by atoms with E-state index in [9.17, 15) is 34.8 Å². The van der Waals surface area contributed by atoms with E-state index in [1.165, 1.54) is 18.0 Å². The number of aromatic nitrogens is 4. The van der Waals surface area contributed by atoms with Gasteiger partial charge in [0, 0.05) is 18.8 Å². The third-order valence-electron chi connectivity index (χ3n) is 6.67. The first-order valence-corrected chi connectivity index (χ1v) is 11.8. The maximum Gasteiger partial charge on any atom is 0.330 e. The molecule has 2 fully saturated rings. The van der Waals surface area contributed by atoms with Crippen LogP contribution in [0.1, 0.15) is 11.8 Å². The van der Waals surface area contributed by atoms with Crippen molar-refractivity contribution < 1.29 is 40.1 Å². The molecule has 0 aliphatic carbocycles. The zero-order valence-electron chi connectivity index (χ0n) is 20.9. The summed E-state index contributed by atoms with van der Waals surface area (Å²) in [5.41, 5.74) is 4.46. The predicted molar refractivity (Wildman–Crippen MR) is 132 cm³/mol. The number of nitrogens with two attached hydrogens (primary N) is 1. The fourth-order valence-electron chi connectivity index (χ4n) is 4.61. The van der Waals surface area contributed by atoms with E-state index >= 15 is 0 Å². The first kappa shape index (κ1) is 28.6. The molecule has 18 heteroatoms. The summed E-state index contributed by atoms with van der Waals surface area (Å²) in [5.74, 6) is 0.222. The zero-order chi connectivity index (χ0) is 28.8. The summed E-state index contributed by atoms with van der Waals surface area (Å²) >= 11 is 0. The highest BCUT2D eigenvalue weighted by Gasteiger charge is 2.48. The van der Waals surface area contributed by atoms with Crippen molar-refractivity contribution in [2.45, 2.75) is 56.0 Å². The molecule has 0 saturated carbocycles. The first-order valence-electron chi connectivity index (χ1n) is 11.8. The van der Waals surface area contributed by atoms with Crippen LogP contribution in [0.25, 0.3) is 0 Å². The van der Waals surface area contributed by atoms with Crippen LogP contribution in [0.4, 0.5) is 17.5 Å². The normalized spacial score (nSPS) is 31.8. The van der Waals surface area contributed by atoms with Crippen molar-refractivity contribution in [3.8, 4) is 0 Å². The Morgan fingerprint density at radius 3 is 2.08 bits per heavy atom. The number of ether oxygens (including phenoxy) is 2. The smallest absolute Gasteiger partial charge is 0.330 e. The van der Waals surface area contributed by atoms with E-state index in [1.807, 2.05) is 0 Å². The average Bonchev–Trinajstić information content (AvgIpc) is 3.47. The summed E-state index contributed by atoms with van der Waals surface area (Å²) in [6, 6.07) is 0. The number of hydrogen-bond donors (Lipinski definition) is 9. The number of aliphatic hydroxyl groups is 6. The van der Waals surface area contributed by atoms with Gasteiger partial charge in [0.05, 0.1) is 19.9 Å². The number of H-pyrrole nitrogens is 2. The van der Waals surface area contributed by atoms with Gasteiger partial charge in [0.1, 0.15) is 42.3 Å². The maximum absolute atomic E-state index is 11.9. The summed E-state index contributed by atoms with van der Waals surface area (Å²) in [7, 11) is 1.69. The molecule has 0 aromatic carbocycles. The molecule has 2 saturated heterocycles. The lowest BCUT2D eigenvalue weighted by atomic mass is 10.1. The Morgan fingerprint density at radius 2 is 1.51 bits per heavy atom. The Balaban J connectivity index is 0.000000183. The van der Waals surface area contributed by atoms with Gasteiger partial charge in [0.25, 0.3) is 11.1 Å². The summed E-state index contributed by atoms with van der Waals surface area (Å²) in [6.45, 7) is 0.833. The van der Waals surface area contributed by atoms with E-state index in [1.54, 1.807) is 11.9 Å². The van der Waals surface area contributed by atoms with E-state index < -0.39 is 79.1 Å². The van der Waals surface area contributed by atoms with E-state index in [2.05, 4.69) is 15.0 Å². The number of aryl methyl sites for hydroxylation is 1. The van der Waals surface area contributed by atoms with E-state index in [-0.39, 0.29) is 24.0 Å². The van der Waals surface area contributed by atoms with Gasteiger partial charge in [0.2, 0.25) is 5.95 Å². The van der Waals surface area contributed by atoms with Gasteiger partial charge in [-0.1, -0.05) is 0 Å². The van der Waals surface area contributed by atoms with Crippen molar-refractivity contribution in [2.24, 2.45) is 0 Å². The molecular weight excluding hydrogens is 526 g/mol. The van der Waals surface area contributed by atoms with Gasteiger partial charge in [-0.3, -0.25) is 24.1 Å². The highest BCUT2D eigenvalue weighted by Crippen LogP contribution is 2.35. The van der Waals surface area contributed by atoms with E-state index in [4.69, 9.17) is 25.4 Å². The lowest BCUT2D eigenvalue weighted by molar-refractivity contribution is -0.0551. The molecule has 0 radical (unpaired) electrons. The van der Waals surface area contributed by atoms with Crippen molar-refractivity contribution in [3.63, 3.8) is 0 Å². The highest BCUT2D eigenvalue weighted by molar-refractivity contribution is 5.72. The Bertz CT molecular complexity index is 1360. The largest absolute Gasteiger partial charge is 0.394 e. The van der Waals surface area contributed by atoms with Crippen molar-refractivity contribution in [1.82, 2.24) is 19.5 Å². The summed E-state index contributed by atoms with van der Waals surface area (Å²) in [4.78, 5) is 46.5. The second-order valence-electron chi connectivity index (χ2n) is 9.37. The first-order chi connectivity index (χ1) is 18.4. The predicted octanol–water partition coefficient (Wildman–Crippen LogP) is -5.54. The van der Waals surface area contributed by atoms with Gasteiger partial charge in [-0.25, -0.2) is 4.79 Å². The van der Waals surface area contributed by atoms with Crippen LogP contribution in [0.3, 0.4) is 0 Å². The van der Waals surface area contributed by atoms with Crippen molar-refractivity contribution in [1.29, 1.82) is 0 Å². The average molecular weight is 558 g/mol. The van der Waals surface area contributed by atoms with Crippen molar-refractivity contribution in [3.05, 3.63) is 43.0 Å². The van der Waals surface area contributed by atoms with Crippen molar-refractivity contribution >= 4 is 17.5 Å². The quantitative estimate of drug-likeness (QED) is 0.170. The monoisotopic (exact) mass is 557 g/mol. The van der Waals surface area contributed by atoms with Crippen LogP contribution < -0.4 is 32.3 Å². The topological polar surface area (TPSA) is 273 Å². The van der Waals surface area contributed by atoms with Gasteiger partial charge in [0.15, 0.2) is 18.3 Å². The van der Waals surface area contributed by atoms with Gasteiger partial charge in [-0.05, 0) is 6.92 Å². The third-order valence-corrected chi connectivity index (χ3v) is 6.67. The molecule has 10 N–H and O–H groups in total. The van der Waals surface area contributed by atoms with E-state index in [0.717, 1.165) is 4.57 Å². The molecule has 3 aliphatic heterocycles. The standard InChI is InChI=1S/C11H17N5O5.C10H14N2O6/c1-15-3-16(8-5(15)9(20)14-11(12)13-8)10-7(19)6(18)4(2-17)21-10;1-4-2-12(10(17)11-8(4)16)9-7(15)6(14)5(3-13)18-9/h4,6-7,10,17-19H,2-3H2,1H3,(H3,12,13,14,20);2,5-7,9,13-15H,3H2,1H3,(H,11,16,17)/t4-,6-,7-,10-;5-,6-,7-,9-/m11/s1. The van der Waals surface area contributed by atoms with Gasteiger partial charge in [-0.15, -0.1) is 0 Å². The minimum atomic E-state index is -1.36. The number of aromatic amines is 2. The van der Waals surface area contributed by atoms with Crippen LogP contribution in [0.2, 0.25) is 0 Å². The van der Waals surface area contributed by atoms with Crippen LogP contribution >= 0.6 is 0 Å². The number of nitrogens with one attached hydrogen (secondary N) is 2. The summed E-state index contributed by atoms with van der Waals surface area (Å²) < 4.78 is 11.6. The molecule has 0 spiro atoms. The SMILES string of the molecule is CN1CN([C@@H]2O[C@H](CO)[C@@H](O)[C@H]2O)c2nc(N)[nH]c(=O)c21.Cc1cn([C@@H]2O[C@H](CO)[C@@H](O)[C@H]2O)c(=O)[nH]c1=O. The fraction of sp³-hybridized carbons (Fsp3) is 0.619. The number of hydrogen-bond acceptors (Lipinski definition) is 15. The molecule has 8 atom stereocenters. The lowest BCUT2D eigenvalue weighted by Crippen LogP contribution is -2.45. The van der Waals surface area contributed by atoms with Crippen LogP contribution in [0.5, 0.6) is 0 Å². The minimum absolute atomic E-state index is 0.0502. The van der Waals surface area contributed by atoms with Gasteiger partial charge < -0.3 is 55.6 Å². The summed E-state index contributed by atoms with van der Waals surface area (Å²) in [6.07, 6.45) is -7.78. The molecule has 216 valence electrons. The van der Waals surface area contributed by atoms with Gasteiger partial charge in [-0.2, -0.15) is 4.98 Å². The second-order valence-corrected chi connectivity index (χ2v) is 9.37. The number of aliphatic hydroxyl groups excluding tert-OH is 6. The van der Waals surface area contributed by atoms with Crippen LogP contribution in [-0.4, -0.2) is 120 Å². The molecule has 2 aromatic heterocycles. The number of nitrogen functional groups attached to an aromatic ring is 1. The molecule has 0 unspecified atom stereocenters. The number of rotatable bonds is 4. The van der Waals surface area contributed by atoms with Crippen LogP contribution in [-0.2, 0) is 9.47 Å². The molecular formula is C21H31N7O11. The molecule has 18 nitrogen and oxygen atoms in total. The highest BCUT2D eigenvalue weighted by atomic mass is 16.6. The molecule has 0 amide bonds. The molecule has 39 heavy (non-hydrogen) atoms. The van der Waals surface area contributed by atoms with E-state index in [0.29, 0.717) is 5.69 Å². The molecule has 5 rings (SSSR count). The second kappa shape index (κ2) is 11.0.